The fourth-order valence-electron chi connectivity index (χ4n) is 1.82. The van der Waals surface area contributed by atoms with Gasteiger partial charge < -0.3 is 14.8 Å². The molecule has 0 radical (unpaired) electrons. The molecule has 2 rings (SSSR count). The van der Waals surface area contributed by atoms with Crippen molar-refractivity contribution in [3.8, 4) is 11.5 Å². The molecule has 1 amide bonds. The number of allylic oxidation sites excluding steroid dienone is 1. The first-order chi connectivity index (χ1) is 11.6. The van der Waals surface area contributed by atoms with Crippen molar-refractivity contribution in [2.24, 2.45) is 10.2 Å². The molecular weight excluding hydrogens is 326 g/mol. The second-order valence-corrected chi connectivity index (χ2v) is 6.18. The molecule has 1 aliphatic heterocycles. The lowest BCUT2D eigenvalue weighted by Gasteiger charge is -2.11. The van der Waals surface area contributed by atoms with E-state index in [2.05, 4.69) is 15.5 Å². The zero-order chi connectivity index (χ0) is 17.4. The summed E-state index contributed by atoms with van der Waals surface area (Å²) in [5, 5.41) is 11.1. The van der Waals surface area contributed by atoms with E-state index < -0.39 is 0 Å². The minimum Gasteiger partial charge on any atom is -0.490 e. The largest absolute Gasteiger partial charge is 0.490 e. The first kappa shape index (κ1) is 18.1. The Morgan fingerprint density at radius 2 is 2.17 bits per heavy atom. The zero-order valence-electron chi connectivity index (χ0n) is 14.0. The number of rotatable bonds is 7. The summed E-state index contributed by atoms with van der Waals surface area (Å²) < 4.78 is 11.4. The molecule has 0 aromatic heterocycles. The van der Waals surface area contributed by atoms with E-state index in [4.69, 9.17) is 9.47 Å². The fourth-order valence-corrected chi connectivity index (χ4v) is 2.45. The number of carbonyl (C=O) groups is 1. The summed E-state index contributed by atoms with van der Waals surface area (Å²) in [5.41, 5.74) is 2.04. The first-order valence-electron chi connectivity index (χ1n) is 7.65. The summed E-state index contributed by atoms with van der Waals surface area (Å²) in [6, 6.07) is 5.58. The molecule has 1 fully saturated rings. The lowest BCUT2D eigenvalue weighted by atomic mass is 10.2. The summed E-state index contributed by atoms with van der Waals surface area (Å²) in [7, 11) is 0. The molecule has 1 N–H and O–H groups in total. The first-order valence-corrected chi connectivity index (χ1v) is 8.63. The molecule has 0 bridgehead atoms. The molecule has 0 spiro atoms. The maximum absolute atomic E-state index is 11.1. The van der Waals surface area contributed by atoms with Crippen LogP contribution in [0.25, 0.3) is 0 Å². The molecule has 1 aromatic rings. The highest BCUT2D eigenvalue weighted by atomic mass is 32.2. The summed E-state index contributed by atoms with van der Waals surface area (Å²) in [5.74, 6) is 1.70. The SMILES string of the molecule is CCOc1cc(C=NN=C2NC(=O)CS2)ccc1OCC=C(C)C. The van der Waals surface area contributed by atoms with Crippen molar-refractivity contribution in [1.82, 2.24) is 5.32 Å². The molecule has 128 valence electrons. The Morgan fingerprint density at radius 3 is 2.83 bits per heavy atom. The number of benzene rings is 1. The number of nitrogens with one attached hydrogen (secondary N) is 1. The standard InChI is InChI=1S/C17H21N3O3S/c1-4-22-15-9-13(5-6-14(15)23-8-7-12(2)3)10-18-20-17-19-16(21)11-24-17/h5-7,9-10H,4,8,11H2,1-3H3,(H,19,20,21). The number of hydrogen-bond acceptors (Lipinski definition) is 6. The Kier molecular flexibility index (Phi) is 6.87. The van der Waals surface area contributed by atoms with Crippen LogP contribution in [0, 0.1) is 0 Å². The summed E-state index contributed by atoms with van der Waals surface area (Å²) >= 11 is 1.34. The highest BCUT2D eigenvalue weighted by Crippen LogP contribution is 2.28. The molecule has 0 saturated carbocycles. The lowest BCUT2D eigenvalue weighted by molar-refractivity contribution is -0.116. The Balaban J connectivity index is 2.06. The van der Waals surface area contributed by atoms with Crippen molar-refractivity contribution in [3.05, 3.63) is 35.4 Å². The van der Waals surface area contributed by atoms with Gasteiger partial charge in [-0.1, -0.05) is 17.3 Å². The number of thioether (sulfide) groups is 1. The summed E-state index contributed by atoms with van der Waals surface area (Å²) in [4.78, 5) is 11.1. The van der Waals surface area contributed by atoms with Gasteiger partial charge in [-0.25, -0.2) is 0 Å². The maximum atomic E-state index is 11.1. The van der Waals surface area contributed by atoms with Crippen LogP contribution in [0.1, 0.15) is 26.3 Å². The van der Waals surface area contributed by atoms with Crippen LogP contribution in [0.3, 0.4) is 0 Å². The van der Waals surface area contributed by atoms with Gasteiger partial charge in [-0.3, -0.25) is 4.79 Å². The smallest absolute Gasteiger partial charge is 0.236 e. The topological polar surface area (TPSA) is 72.3 Å². The predicted molar refractivity (Wildman–Crippen MR) is 98.2 cm³/mol. The number of carbonyl (C=O) groups excluding carboxylic acids is 1. The van der Waals surface area contributed by atoms with Crippen molar-refractivity contribution < 1.29 is 14.3 Å². The van der Waals surface area contributed by atoms with Gasteiger partial charge in [0.25, 0.3) is 0 Å². The van der Waals surface area contributed by atoms with E-state index in [-0.39, 0.29) is 5.91 Å². The minimum absolute atomic E-state index is 0.0505. The normalized spacial score (nSPS) is 15.6. The Labute approximate surface area is 146 Å². The van der Waals surface area contributed by atoms with Gasteiger partial charge >= 0.3 is 0 Å². The second-order valence-electron chi connectivity index (χ2n) is 5.22. The number of nitrogens with zero attached hydrogens (tertiary/aromatic N) is 2. The molecular formula is C17H21N3O3S. The molecule has 1 aliphatic rings. The number of amides is 1. The zero-order valence-corrected chi connectivity index (χ0v) is 14.9. The molecule has 1 aromatic carbocycles. The van der Waals surface area contributed by atoms with Gasteiger partial charge in [0.2, 0.25) is 5.91 Å². The van der Waals surface area contributed by atoms with E-state index in [0.29, 0.717) is 35.6 Å². The number of ether oxygens (including phenoxy) is 2. The van der Waals surface area contributed by atoms with E-state index in [1.807, 2.05) is 45.0 Å². The molecule has 24 heavy (non-hydrogen) atoms. The molecule has 7 heteroatoms. The third kappa shape index (κ3) is 5.73. The Bertz CT molecular complexity index is 680. The van der Waals surface area contributed by atoms with Gasteiger partial charge in [0, 0.05) is 0 Å². The van der Waals surface area contributed by atoms with Gasteiger partial charge in [-0.2, -0.15) is 5.10 Å². The van der Waals surface area contributed by atoms with Gasteiger partial charge in [-0.05, 0) is 50.6 Å². The van der Waals surface area contributed by atoms with Crippen LogP contribution in [0.15, 0.2) is 40.1 Å². The van der Waals surface area contributed by atoms with Crippen LogP contribution in [0.4, 0.5) is 0 Å². The van der Waals surface area contributed by atoms with Crippen LogP contribution >= 0.6 is 11.8 Å². The molecule has 6 nitrogen and oxygen atoms in total. The lowest BCUT2D eigenvalue weighted by Crippen LogP contribution is -2.19. The van der Waals surface area contributed by atoms with Gasteiger partial charge in [0.1, 0.15) is 6.61 Å². The van der Waals surface area contributed by atoms with Crippen molar-refractivity contribution in [1.29, 1.82) is 0 Å². The molecule has 0 aliphatic carbocycles. The maximum Gasteiger partial charge on any atom is 0.236 e. The van der Waals surface area contributed by atoms with Crippen molar-refractivity contribution in [2.45, 2.75) is 20.8 Å². The van der Waals surface area contributed by atoms with Gasteiger partial charge in [0.15, 0.2) is 16.7 Å². The van der Waals surface area contributed by atoms with Crippen LogP contribution in [0.2, 0.25) is 0 Å². The van der Waals surface area contributed by atoms with Crippen LogP contribution < -0.4 is 14.8 Å². The van der Waals surface area contributed by atoms with Crippen molar-refractivity contribution >= 4 is 29.1 Å². The van der Waals surface area contributed by atoms with E-state index in [1.54, 1.807) is 6.21 Å². The van der Waals surface area contributed by atoms with Crippen molar-refractivity contribution in [2.75, 3.05) is 19.0 Å². The van der Waals surface area contributed by atoms with Crippen LogP contribution in [0.5, 0.6) is 11.5 Å². The molecule has 1 heterocycles. The monoisotopic (exact) mass is 347 g/mol. The molecule has 0 unspecified atom stereocenters. The van der Waals surface area contributed by atoms with Crippen molar-refractivity contribution in [3.63, 3.8) is 0 Å². The predicted octanol–water partition coefficient (Wildman–Crippen LogP) is 2.98. The van der Waals surface area contributed by atoms with Gasteiger partial charge in [-0.15, -0.1) is 5.10 Å². The van der Waals surface area contributed by atoms with E-state index in [0.717, 1.165) is 5.56 Å². The third-order valence-electron chi connectivity index (χ3n) is 2.94. The Morgan fingerprint density at radius 1 is 1.33 bits per heavy atom. The second kappa shape index (κ2) is 9.12. The fraction of sp³-hybridized carbons (Fsp3) is 0.353. The minimum atomic E-state index is -0.0505. The van der Waals surface area contributed by atoms with Gasteiger partial charge in [0.05, 0.1) is 18.6 Å². The number of amidine groups is 1. The van der Waals surface area contributed by atoms with E-state index >= 15 is 0 Å². The number of hydrogen-bond donors (Lipinski definition) is 1. The highest BCUT2D eigenvalue weighted by molar-refractivity contribution is 8.15. The molecule has 1 saturated heterocycles. The highest BCUT2D eigenvalue weighted by Gasteiger charge is 2.15. The summed E-state index contributed by atoms with van der Waals surface area (Å²) in [6.07, 6.45) is 3.62. The quantitative estimate of drug-likeness (QED) is 0.467. The third-order valence-corrected chi connectivity index (χ3v) is 3.80. The van der Waals surface area contributed by atoms with Crippen LogP contribution in [-0.2, 0) is 4.79 Å². The summed E-state index contributed by atoms with van der Waals surface area (Å²) in [6.45, 7) is 7.02. The van der Waals surface area contributed by atoms with E-state index in [9.17, 15) is 4.79 Å². The average Bonchev–Trinajstić information content (AvgIpc) is 2.95. The Hall–Kier alpha value is -2.28. The molecule has 0 atom stereocenters. The van der Waals surface area contributed by atoms with E-state index in [1.165, 1.54) is 17.3 Å². The average molecular weight is 347 g/mol. The van der Waals surface area contributed by atoms with Crippen LogP contribution in [-0.4, -0.2) is 36.3 Å².